The van der Waals surface area contributed by atoms with Crippen LogP contribution >= 0.6 is 31.3 Å². The van der Waals surface area contributed by atoms with E-state index in [1.807, 2.05) is 0 Å². The largest absolute Gasteiger partial charge is 0.756 e. The molecule has 0 saturated carbocycles. The maximum absolute atomic E-state index is 13.7. The number of carbonyl (C=O) groups is 2. The van der Waals surface area contributed by atoms with Crippen LogP contribution in [-0.4, -0.2) is 233 Å². The minimum absolute atomic E-state index is 0.00455. The van der Waals surface area contributed by atoms with Gasteiger partial charge in [0.15, 0.2) is 35.8 Å². The summed E-state index contributed by atoms with van der Waals surface area (Å²) in [4.78, 5) is 96.0. The highest BCUT2D eigenvalue weighted by molar-refractivity contribution is 7.66. The smallest absolute Gasteiger partial charge is 0.487 e. The summed E-state index contributed by atoms with van der Waals surface area (Å²) in [5.74, 6) is -2.64. The second-order valence-corrected chi connectivity index (χ2v) is 22.9. The topological polar surface area (TPSA) is 536 Å². The SMILES string of the molecule is CO[C@@H]1[C@H](OP(=O)(O)OC[C@H]2O[C@@H](N3C=NC4C(=O)NC(=N)N=C43)[C@H](O)[C@@H]2O)[C@@H](COP(=O)(O)OP(=O)(O)OP(=O)([O-])OC[C@H]2O[C@@H](N3C=[N+](C)C4C(=O)NC(=N)N=C43)[C@H](O)[C@@H]2OC)O[C@H]1n1cnc2c(N)ncnc21. The number of nitrogens with one attached hydrogen (secondary N) is 4. The summed E-state index contributed by atoms with van der Waals surface area (Å²) in [7, 11) is -20.0. The number of methoxy groups -OCH3 is 2. The van der Waals surface area contributed by atoms with Crippen molar-refractivity contribution in [1.82, 2.24) is 40.0 Å². The Bertz CT molecular complexity index is 3020. The molecule has 9 heterocycles. The number of aliphatic hydroxyl groups excluding tert-OH is 3. The Balaban J connectivity index is 0.850. The van der Waals surface area contributed by atoms with Crippen LogP contribution in [0.5, 0.6) is 0 Å². The van der Waals surface area contributed by atoms with E-state index >= 15 is 0 Å². The van der Waals surface area contributed by atoms with Gasteiger partial charge in [-0.1, -0.05) is 0 Å². The molecule has 39 nitrogen and oxygen atoms in total. The molecule has 6 unspecified atom stereocenters. The van der Waals surface area contributed by atoms with Crippen molar-refractivity contribution in [2.24, 2.45) is 15.0 Å². The Morgan fingerprint density at radius 2 is 1.36 bits per heavy atom. The molecule has 18 atom stereocenters. The number of anilines is 1. The van der Waals surface area contributed by atoms with Crippen LogP contribution in [0.25, 0.3) is 11.2 Å². The Labute approximate surface area is 424 Å². The number of aliphatic hydroxyl groups is 3. The third kappa shape index (κ3) is 11.1. The van der Waals surface area contributed by atoms with E-state index in [0.29, 0.717) is 0 Å². The number of nitrogen functional groups attached to an aromatic ring is 1. The predicted octanol–water partition coefficient (Wildman–Crippen LogP) is -5.90. The fourth-order valence-electron chi connectivity index (χ4n) is 8.80. The van der Waals surface area contributed by atoms with Gasteiger partial charge in [-0.25, -0.2) is 37.5 Å². The number of aliphatic imine (C=N–C) groups is 3. The summed E-state index contributed by atoms with van der Waals surface area (Å²) in [6, 6.07) is -2.24. The fourth-order valence-corrected chi connectivity index (χ4v) is 13.2. The first kappa shape index (κ1) is 55.9. The van der Waals surface area contributed by atoms with Crippen molar-refractivity contribution in [1.29, 1.82) is 10.8 Å². The van der Waals surface area contributed by atoms with Gasteiger partial charge < -0.3 is 68.8 Å². The Hall–Kier alpha value is -4.89. The highest BCUT2D eigenvalue weighted by Gasteiger charge is 2.58. The third-order valence-corrected chi connectivity index (χ3v) is 17.3. The van der Waals surface area contributed by atoms with Crippen molar-refractivity contribution in [2.75, 3.05) is 46.8 Å². The standard InChI is InChI=1S/C33H45N15O24P4/c1-45-10-48(26-16(45)28(53)44-33(36)42-26)30-19(51)20(62-2)12(68-30)5-65-74(56,57)71-76(60,61)72-75(58,59)66-6-13-21(22(63-3)31(69-13)46-8-39-14-23(34)37-7-38-24(14)46)70-73(54,55)64-4-11-17(49)18(50)29(67-11)47-9-40-15-25(47)41-32(35)43-27(15)52/h7-13,15-22,29-31,49-51H,4-6H2,1-3H3,(H9-,34,35,36,37,38,43,44,52,53,54,55,56,57,58,59,60,61)/t11-,12-,13-,15?,16?,17-,18-,19-,20-,21-,22-,29-,30-,31-/m1/s1. The number of phosphoric acid groups is 4. The van der Waals surface area contributed by atoms with Gasteiger partial charge in [0.05, 0.1) is 39.5 Å². The summed E-state index contributed by atoms with van der Waals surface area (Å²) < 4.78 is 112. The average Bonchev–Trinajstić information content (AvgIpc) is 4.18. The van der Waals surface area contributed by atoms with Crippen molar-refractivity contribution < 1.29 is 118 Å². The zero-order valence-corrected chi connectivity index (χ0v) is 42.5. The molecule has 416 valence electrons. The van der Waals surface area contributed by atoms with Gasteiger partial charge in [-0.2, -0.15) is 19.2 Å². The minimum Gasteiger partial charge on any atom is -0.756 e. The molecule has 3 saturated heterocycles. The number of fused-ring (bicyclic) bond motifs is 3. The van der Waals surface area contributed by atoms with Crippen LogP contribution in [0.3, 0.4) is 0 Å². The van der Waals surface area contributed by atoms with E-state index < -0.39 is 161 Å². The maximum atomic E-state index is 13.7. The van der Waals surface area contributed by atoms with Gasteiger partial charge in [0, 0.05) is 14.2 Å². The number of imidazole rings is 1. The van der Waals surface area contributed by atoms with Crippen molar-refractivity contribution in [3.05, 3.63) is 12.7 Å². The van der Waals surface area contributed by atoms with Gasteiger partial charge in [-0.3, -0.25) is 63.6 Å². The molecule has 43 heteroatoms. The third-order valence-electron chi connectivity index (χ3n) is 12.1. The molecule has 7 aliphatic heterocycles. The summed E-state index contributed by atoms with van der Waals surface area (Å²) >= 11 is 0. The monoisotopic (exact) mass is 1160 g/mol. The lowest BCUT2D eigenvalue weighted by atomic mass is 10.1. The Kier molecular flexibility index (Phi) is 15.5. The summed E-state index contributed by atoms with van der Waals surface area (Å²) in [6.07, 6.45) is -14.8. The number of hydrogen-bond acceptors (Lipinski definition) is 30. The number of carbonyl (C=O) groups excluding carboxylic acids is 2. The van der Waals surface area contributed by atoms with Crippen LogP contribution in [0.15, 0.2) is 27.6 Å². The number of guanidine groups is 2. The van der Waals surface area contributed by atoms with E-state index in [1.165, 1.54) is 27.4 Å². The zero-order chi connectivity index (χ0) is 55.0. The van der Waals surface area contributed by atoms with Crippen molar-refractivity contribution in [3.63, 3.8) is 0 Å². The number of ether oxygens (including phenoxy) is 5. The molecule has 76 heavy (non-hydrogen) atoms. The average molecular weight is 1160 g/mol. The van der Waals surface area contributed by atoms with Crippen LogP contribution in [-0.2, 0) is 78.2 Å². The maximum Gasteiger partial charge on any atom is 0.487 e. The highest BCUT2D eigenvalue weighted by Crippen LogP contribution is 2.67. The number of aromatic nitrogens is 4. The van der Waals surface area contributed by atoms with E-state index in [0.717, 1.165) is 38.1 Å². The molecule has 7 aliphatic rings. The summed E-state index contributed by atoms with van der Waals surface area (Å²) in [6.45, 7) is -3.35. The van der Waals surface area contributed by atoms with Crippen molar-refractivity contribution >= 4 is 96.4 Å². The van der Waals surface area contributed by atoms with E-state index in [9.17, 15) is 62.7 Å². The lowest BCUT2D eigenvalue weighted by Crippen LogP contribution is -2.54. The number of phosphoric ester groups is 3. The molecule has 0 spiro atoms. The van der Waals surface area contributed by atoms with Gasteiger partial charge in [-0.05, 0) is 0 Å². The molecule has 2 amide bonds. The Morgan fingerprint density at radius 3 is 2.07 bits per heavy atom. The van der Waals surface area contributed by atoms with Crippen LogP contribution in [0.1, 0.15) is 6.23 Å². The molecular formula is C33H45N15O24P4. The van der Waals surface area contributed by atoms with Gasteiger partial charge in [-0.15, -0.1) is 0 Å². The second-order valence-electron chi connectivity index (χ2n) is 16.9. The van der Waals surface area contributed by atoms with Crippen molar-refractivity contribution in [3.8, 4) is 0 Å². The summed E-state index contributed by atoms with van der Waals surface area (Å²) in [5.41, 5.74) is 5.98. The number of amides is 2. The summed E-state index contributed by atoms with van der Waals surface area (Å²) in [5, 5.41) is 52.8. The molecule has 12 N–H and O–H groups in total. The second kappa shape index (κ2) is 21.1. The van der Waals surface area contributed by atoms with Gasteiger partial charge in [0.2, 0.25) is 24.5 Å². The first-order valence-corrected chi connectivity index (χ1v) is 27.6. The van der Waals surface area contributed by atoms with Crippen LogP contribution in [0.4, 0.5) is 5.82 Å². The van der Waals surface area contributed by atoms with Crippen LogP contribution in [0.2, 0.25) is 0 Å². The molecule has 3 fully saturated rings. The molecule has 2 aromatic rings. The molecule has 0 bridgehead atoms. The predicted molar refractivity (Wildman–Crippen MR) is 241 cm³/mol. The van der Waals surface area contributed by atoms with E-state index in [-0.39, 0.29) is 28.7 Å². The van der Waals surface area contributed by atoms with E-state index in [2.05, 4.69) is 49.2 Å². The number of nitrogens with zero attached hydrogens (tertiary/aromatic N) is 10. The normalized spacial score (nSPS) is 35.5. The quantitative estimate of drug-likeness (QED) is 0.0434. The van der Waals surface area contributed by atoms with Gasteiger partial charge >= 0.3 is 23.5 Å². The highest BCUT2D eigenvalue weighted by atomic mass is 31.3. The number of hydrogen-bond donors (Lipinski definition) is 11. The van der Waals surface area contributed by atoms with Crippen LogP contribution < -0.4 is 21.3 Å². The zero-order valence-electron chi connectivity index (χ0n) is 38.9. The molecular weight excluding hydrogens is 1110 g/mol. The minimum atomic E-state index is -6.25. The molecule has 9 rings (SSSR count). The van der Waals surface area contributed by atoms with Crippen molar-refractivity contribution in [2.45, 2.75) is 85.7 Å². The fraction of sp³-hybridized carbons (Fsp3) is 0.606. The number of likely N-dealkylation sites (N-methyl/N-ethyl adjacent to an activating group) is 1. The first-order chi connectivity index (χ1) is 35.7. The Morgan fingerprint density at radius 1 is 0.750 bits per heavy atom. The van der Waals surface area contributed by atoms with Gasteiger partial charge in [0.25, 0.3) is 31.5 Å². The molecule has 2 aromatic heterocycles. The van der Waals surface area contributed by atoms with Gasteiger partial charge in [0.1, 0.15) is 66.8 Å². The first-order valence-electron chi connectivity index (χ1n) is 21.7. The number of rotatable bonds is 20. The number of nitrogens with two attached hydrogens (primary N) is 1. The van der Waals surface area contributed by atoms with Crippen LogP contribution in [0, 0.1) is 10.8 Å². The van der Waals surface area contributed by atoms with E-state index in [1.54, 1.807) is 0 Å². The lowest BCUT2D eigenvalue weighted by molar-refractivity contribution is -0.498. The molecule has 0 radical (unpaired) electrons. The lowest BCUT2D eigenvalue weighted by Gasteiger charge is -2.28. The number of amidine groups is 2. The molecule has 0 aromatic carbocycles. The van der Waals surface area contributed by atoms with E-state index in [4.69, 9.17) is 58.3 Å². The molecule has 0 aliphatic carbocycles.